The number of allylic oxidation sites excluding steroid dienone is 12. The van der Waals surface area contributed by atoms with Crippen molar-refractivity contribution in [2.75, 3.05) is 26.4 Å². The number of hydrogen-bond donors (Lipinski definition) is 3. The molecule has 0 saturated carbocycles. The minimum Gasteiger partial charge on any atom is -0.462 e. The zero-order valence-electron chi connectivity index (χ0n) is 36.9. The zero-order valence-corrected chi connectivity index (χ0v) is 37.8. The van der Waals surface area contributed by atoms with Crippen LogP contribution >= 0.6 is 7.82 Å². The molecule has 59 heavy (non-hydrogen) atoms. The molecular weight excluding hydrogens is 767 g/mol. The van der Waals surface area contributed by atoms with Crippen LogP contribution in [0.3, 0.4) is 0 Å². The molecule has 0 radical (unpaired) electrons. The maximum atomic E-state index is 12.6. The van der Waals surface area contributed by atoms with Crippen molar-refractivity contribution in [3.63, 3.8) is 0 Å². The Balaban J connectivity index is 4.25. The number of carbonyl (C=O) groups excluding carboxylic acids is 2. The highest BCUT2D eigenvalue weighted by atomic mass is 31.2. The average molecular weight is 851 g/mol. The van der Waals surface area contributed by atoms with Gasteiger partial charge < -0.3 is 24.6 Å². The largest absolute Gasteiger partial charge is 0.472 e. The van der Waals surface area contributed by atoms with Crippen molar-refractivity contribution in [3.8, 4) is 0 Å². The van der Waals surface area contributed by atoms with Crippen LogP contribution in [-0.4, -0.2) is 65.7 Å². The summed E-state index contributed by atoms with van der Waals surface area (Å²) in [5.41, 5.74) is 0. The molecule has 2 unspecified atom stereocenters. The standard InChI is InChI=1S/C48H83O10P/c1-3-5-7-9-11-13-15-17-18-19-20-21-22-23-24-25-26-28-29-31-33-35-37-39-47(51)55-43-46(44-57-59(53,54)56-42-45(50)41-49)58-48(52)40-38-36-34-32-30-27-16-14-12-10-8-6-4-2/h6,8,10,12,14,16,23-24,27,30,32,34,45-46,49-50H,3-5,7,9,11,13,15,17-22,25-26,28-29,31,33,35-44H2,1-2H3,(H,53,54)/b8-6+,12-10+,16-14+,24-23+,30-27+,34-32+/t45-,46?/m1/s1. The van der Waals surface area contributed by atoms with Gasteiger partial charge >= 0.3 is 19.8 Å². The molecule has 0 saturated heterocycles. The molecule has 3 N–H and O–H groups in total. The number of ether oxygens (including phenoxy) is 2. The van der Waals surface area contributed by atoms with Gasteiger partial charge in [-0.1, -0.05) is 189 Å². The minimum absolute atomic E-state index is 0.0840. The van der Waals surface area contributed by atoms with Crippen molar-refractivity contribution in [1.29, 1.82) is 0 Å². The number of carbonyl (C=O) groups is 2. The summed E-state index contributed by atoms with van der Waals surface area (Å²) in [4.78, 5) is 35.0. The van der Waals surface area contributed by atoms with Gasteiger partial charge in [-0.25, -0.2) is 4.57 Å². The number of phosphoric ester groups is 1. The molecule has 0 aromatic heterocycles. The number of aliphatic hydroxyl groups excluding tert-OH is 2. The fourth-order valence-corrected chi connectivity index (χ4v) is 6.75. The van der Waals surface area contributed by atoms with Crippen molar-refractivity contribution in [2.24, 2.45) is 0 Å². The van der Waals surface area contributed by atoms with Crippen LogP contribution in [0.25, 0.3) is 0 Å². The lowest BCUT2D eigenvalue weighted by atomic mass is 10.0. The van der Waals surface area contributed by atoms with E-state index in [1.807, 2.05) is 54.7 Å². The predicted octanol–water partition coefficient (Wildman–Crippen LogP) is 12.4. The lowest BCUT2D eigenvalue weighted by Gasteiger charge is -2.20. The van der Waals surface area contributed by atoms with Crippen molar-refractivity contribution >= 4 is 19.8 Å². The van der Waals surface area contributed by atoms with Gasteiger partial charge in [0, 0.05) is 12.8 Å². The van der Waals surface area contributed by atoms with Gasteiger partial charge in [0.15, 0.2) is 6.10 Å². The van der Waals surface area contributed by atoms with Gasteiger partial charge in [0.05, 0.1) is 19.8 Å². The molecule has 3 atom stereocenters. The molecule has 0 aromatic carbocycles. The Kier molecular flexibility index (Phi) is 41.6. The van der Waals surface area contributed by atoms with Gasteiger partial charge in [-0.05, 0) is 51.4 Å². The molecule has 0 aromatic rings. The maximum absolute atomic E-state index is 12.6. The first-order valence-electron chi connectivity index (χ1n) is 23.0. The van der Waals surface area contributed by atoms with E-state index in [-0.39, 0.29) is 19.4 Å². The first kappa shape index (κ1) is 56.4. The highest BCUT2D eigenvalue weighted by Crippen LogP contribution is 2.43. The van der Waals surface area contributed by atoms with E-state index in [2.05, 4.69) is 36.6 Å². The number of rotatable bonds is 42. The van der Waals surface area contributed by atoms with E-state index in [1.54, 1.807) is 0 Å². The first-order valence-corrected chi connectivity index (χ1v) is 24.5. The molecule has 0 aliphatic heterocycles. The van der Waals surface area contributed by atoms with Gasteiger partial charge in [-0.15, -0.1) is 0 Å². The Morgan fingerprint density at radius 1 is 0.525 bits per heavy atom. The second kappa shape index (κ2) is 43.5. The van der Waals surface area contributed by atoms with E-state index in [4.69, 9.17) is 19.1 Å². The van der Waals surface area contributed by atoms with Crippen LogP contribution in [0.1, 0.15) is 181 Å². The summed E-state index contributed by atoms with van der Waals surface area (Å²) in [7, 11) is -4.64. The van der Waals surface area contributed by atoms with Crippen LogP contribution in [-0.2, 0) is 32.7 Å². The predicted molar refractivity (Wildman–Crippen MR) is 242 cm³/mol. The van der Waals surface area contributed by atoms with Gasteiger partial charge in [-0.3, -0.25) is 18.6 Å². The number of phosphoric acid groups is 1. The second-order valence-electron chi connectivity index (χ2n) is 15.2. The number of hydrogen-bond acceptors (Lipinski definition) is 9. The summed E-state index contributed by atoms with van der Waals surface area (Å²) in [5, 5.41) is 18.3. The Morgan fingerprint density at radius 2 is 0.966 bits per heavy atom. The second-order valence-corrected chi connectivity index (χ2v) is 16.6. The Hall–Kier alpha value is -2.59. The Labute approximate surface area is 358 Å². The van der Waals surface area contributed by atoms with Gasteiger partial charge in [-0.2, -0.15) is 0 Å². The van der Waals surface area contributed by atoms with Crippen LogP contribution in [0.15, 0.2) is 72.9 Å². The zero-order chi connectivity index (χ0) is 43.3. The van der Waals surface area contributed by atoms with Gasteiger partial charge in [0.25, 0.3) is 0 Å². The van der Waals surface area contributed by atoms with Crippen molar-refractivity contribution in [1.82, 2.24) is 0 Å². The van der Waals surface area contributed by atoms with Crippen LogP contribution in [0, 0.1) is 0 Å². The number of unbranched alkanes of at least 4 members (excludes halogenated alkanes) is 20. The average Bonchev–Trinajstić information content (AvgIpc) is 3.22. The highest BCUT2D eigenvalue weighted by molar-refractivity contribution is 7.47. The monoisotopic (exact) mass is 851 g/mol. The Bertz CT molecular complexity index is 1210. The van der Waals surface area contributed by atoms with Crippen molar-refractivity contribution < 1.29 is 47.8 Å². The summed E-state index contributed by atoms with van der Waals surface area (Å²) < 4.78 is 32.6. The third-order valence-electron chi connectivity index (χ3n) is 9.47. The van der Waals surface area contributed by atoms with Crippen molar-refractivity contribution in [3.05, 3.63) is 72.9 Å². The summed E-state index contributed by atoms with van der Waals surface area (Å²) in [6, 6.07) is 0. The van der Waals surface area contributed by atoms with Crippen LogP contribution in [0.4, 0.5) is 0 Å². The SMILES string of the molecule is CC/C=C/C=C/C=C/C=C/C=C/CCCC(=O)OC(COC(=O)CCCCCCCCC/C=C/CCCCCCCCCCCCCC)COP(=O)(O)OC[C@H](O)CO. The summed E-state index contributed by atoms with van der Waals surface area (Å²) >= 11 is 0. The van der Waals surface area contributed by atoms with Crippen LogP contribution in [0.5, 0.6) is 0 Å². The van der Waals surface area contributed by atoms with Gasteiger partial charge in [0.2, 0.25) is 0 Å². The molecule has 0 fully saturated rings. The lowest BCUT2D eigenvalue weighted by Crippen LogP contribution is -2.29. The molecule has 340 valence electrons. The molecule has 0 amide bonds. The number of esters is 2. The molecule has 0 aliphatic carbocycles. The topological polar surface area (TPSA) is 149 Å². The molecule has 0 bridgehead atoms. The maximum Gasteiger partial charge on any atom is 0.472 e. The van der Waals surface area contributed by atoms with E-state index in [1.165, 1.54) is 103 Å². The van der Waals surface area contributed by atoms with E-state index < -0.39 is 51.8 Å². The molecule has 0 aliphatic rings. The summed E-state index contributed by atoms with van der Waals surface area (Å²) in [6.07, 6.45) is 50.4. The fourth-order valence-electron chi connectivity index (χ4n) is 5.96. The van der Waals surface area contributed by atoms with E-state index in [0.29, 0.717) is 19.3 Å². The third-order valence-corrected chi connectivity index (χ3v) is 10.4. The summed E-state index contributed by atoms with van der Waals surface area (Å²) in [6.45, 7) is 2.14. The molecule has 10 nitrogen and oxygen atoms in total. The van der Waals surface area contributed by atoms with E-state index in [9.17, 15) is 24.2 Å². The van der Waals surface area contributed by atoms with E-state index >= 15 is 0 Å². The van der Waals surface area contributed by atoms with Gasteiger partial charge in [0.1, 0.15) is 12.7 Å². The smallest absolute Gasteiger partial charge is 0.462 e. The molecule has 0 rings (SSSR count). The molecule has 0 spiro atoms. The fraction of sp³-hybridized carbons (Fsp3) is 0.708. The minimum atomic E-state index is -4.64. The third kappa shape index (κ3) is 43.3. The van der Waals surface area contributed by atoms with Crippen molar-refractivity contribution in [2.45, 2.75) is 193 Å². The first-order chi connectivity index (χ1) is 28.7. The Morgan fingerprint density at radius 3 is 1.49 bits per heavy atom. The van der Waals surface area contributed by atoms with Crippen LogP contribution < -0.4 is 0 Å². The number of aliphatic hydroxyl groups is 2. The normalized spacial score (nSPS) is 14.5. The lowest BCUT2D eigenvalue weighted by molar-refractivity contribution is -0.161. The van der Waals surface area contributed by atoms with E-state index in [0.717, 1.165) is 32.1 Å². The summed E-state index contributed by atoms with van der Waals surface area (Å²) in [5.74, 6) is -1.02. The van der Waals surface area contributed by atoms with Crippen LogP contribution in [0.2, 0.25) is 0 Å². The molecule has 11 heteroatoms. The molecule has 0 heterocycles. The quantitative estimate of drug-likeness (QED) is 0.0178. The highest BCUT2D eigenvalue weighted by Gasteiger charge is 2.27. The molecular formula is C48H83O10P.